The van der Waals surface area contributed by atoms with Crippen LogP contribution in [0, 0.1) is 6.92 Å². The molecule has 0 saturated carbocycles. The Morgan fingerprint density at radius 3 is 2.53 bits per heavy atom. The number of carboxylic acids is 1. The first kappa shape index (κ1) is 15.3. The van der Waals surface area contributed by atoms with E-state index >= 15 is 0 Å². The van der Waals surface area contributed by atoms with Gasteiger partial charge >= 0.3 is 12.0 Å². The average molecular weight is 287 g/mol. The predicted molar refractivity (Wildman–Crippen MR) is 71.4 cm³/mol. The predicted octanol–water partition coefficient (Wildman–Crippen LogP) is 1.60. The van der Waals surface area contributed by atoms with Crippen LogP contribution >= 0.6 is 11.6 Å². The number of rotatable bonds is 4. The summed E-state index contributed by atoms with van der Waals surface area (Å²) in [6, 6.07) is 2.94. The van der Waals surface area contributed by atoms with E-state index in [1.54, 1.807) is 25.1 Å². The standard InChI is InChI=1S/C12H15ClN2O4/c1-6-4-3-5-8(9(6)13)14-12(19)15-10(7(2)16)11(17)18/h3-5,7,10,16H,1-2H3,(H,17,18)(H2,14,15,19)/t7-,10+/m1/s1. The Morgan fingerprint density at radius 2 is 2.00 bits per heavy atom. The Bertz CT molecular complexity index is 491. The zero-order valence-corrected chi connectivity index (χ0v) is 11.2. The summed E-state index contributed by atoms with van der Waals surface area (Å²) in [5.74, 6) is -1.32. The van der Waals surface area contributed by atoms with Crippen molar-refractivity contribution in [3.05, 3.63) is 28.8 Å². The summed E-state index contributed by atoms with van der Waals surface area (Å²) < 4.78 is 0. The molecule has 0 aromatic heterocycles. The second-order valence-corrected chi connectivity index (χ2v) is 4.47. The van der Waals surface area contributed by atoms with Gasteiger partial charge in [0.25, 0.3) is 0 Å². The monoisotopic (exact) mass is 286 g/mol. The fourth-order valence-corrected chi connectivity index (χ4v) is 1.61. The summed E-state index contributed by atoms with van der Waals surface area (Å²) in [5, 5.41) is 23.0. The molecule has 1 aromatic carbocycles. The number of anilines is 1. The molecule has 104 valence electrons. The van der Waals surface area contributed by atoms with Gasteiger partial charge in [-0.25, -0.2) is 9.59 Å². The van der Waals surface area contributed by atoms with Crippen molar-refractivity contribution in [2.45, 2.75) is 26.0 Å². The quantitative estimate of drug-likeness (QED) is 0.676. The largest absolute Gasteiger partial charge is 0.480 e. The van der Waals surface area contributed by atoms with Gasteiger partial charge in [-0.3, -0.25) is 0 Å². The van der Waals surface area contributed by atoms with E-state index in [9.17, 15) is 14.7 Å². The van der Waals surface area contributed by atoms with Crippen LogP contribution in [0.4, 0.5) is 10.5 Å². The van der Waals surface area contributed by atoms with E-state index in [4.69, 9.17) is 16.7 Å². The number of aliphatic carboxylic acids is 1. The number of urea groups is 1. The third-order valence-corrected chi connectivity index (χ3v) is 2.98. The molecule has 0 aliphatic rings. The Morgan fingerprint density at radius 1 is 1.37 bits per heavy atom. The number of aliphatic hydroxyl groups is 1. The zero-order chi connectivity index (χ0) is 14.6. The highest BCUT2D eigenvalue weighted by atomic mass is 35.5. The van der Waals surface area contributed by atoms with Crippen LogP contribution in [0.1, 0.15) is 12.5 Å². The highest BCUT2D eigenvalue weighted by Gasteiger charge is 2.25. The fraction of sp³-hybridized carbons (Fsp3) is 0.333. The molecule has 1 rings (SSSR count). The van der Waals surface area contributed by atoms with Gasteiger partial charge in [-0.15, -0.1) is 0 Å². The maximum absolute atomic E-state index is 11.6. The van der Waals surface area contributed by atoms with E-state index in [0.29, 0.717) is 10.7 Å². The van der Waals surface area contributed by atoms with Gasteiger partial charge in [-0.05, 0) is 25.5 Å². The van der Waals surface area contributed by atoms with Crippen LogP contribution in [0.5, 0.6) is 0 Å². The van der Waals surface area contributed by atoms with Crippen molar-refractivity contribution >= 4 is 29.3 Å². The maximum Gasteiger partial charge on any atom is 0.328 e. The second kappa shape index (κ2) is 6.40. The smallest absolute Gasteiger partial charge is 0.328 e. The zero-order valence-electron chi connectivity index (χ0n) is 10.5. The third-order valence-electron chi connectivity index (χ3n) is 2.48. The van der Waals surface area contributed by atoms with E-state index in [1.807, 2.05) is 0 Å². The molecule has 0 aliphatic heterocycles. The SMILES string of the molecule is Cc1cccc(NC(=O)N[C@H](C(=O)O)[C@@H](C)O)c1Cl. The van der Waals surface area contributed by atoms with Gasteiger partial charge < -0.3 is 20.8 Å². The molecule has 4 N–H and O–H groups in total. The molecule has 2 atom stereocenters. The second-order valence-electron chi connectivity index (χ2n) is 4.09. The maximum atomic E-state index is 11.6. The molecule has 0 heterocycles. The van der Waals surface area contributed by atoms with Gasteiger partial charge in [0.15, 0.2) is 6.04 Å². The van der Waals surface area contributed by atoms with Gasteiger partial charge in [-0.1, -0.05) is 23.7 Å². The average Bonchev–Trinajstić information content (AvgIpc) is 2.31. The first-order valence-electron chi connectivity index (χ1n) is 5.56. The van der Waals surface area contributed by atoms with Crippen molar-refractivity contribution in [3.8, 4) is 0 Å². The Balaban J connectivity index is 2.75. The van der Waals surface area contributed by atoms with E-state index < -0.39 is 24.1 Å². The molecule has 7 heteroatoms. The molecule has 2 amide bonds. The first-order valence-corrected chi connectivity index (χ1v) is 5.94. The number of hydrogen-bond donors (Lipinski definition) is 4. The van der Waals surface area contributed by atoms with Crippen LogP contribution in [0.25, 0.3) is 0 Å². The van der Waals surface area contributed by atoms with Gasteiger partial charge in [0.1, 0.15) is 0 Å². The summed E-state index contributed by atoms with van der Waals surface area (Å²) in [6.45, 7) is 3.06. The molecule has 0 bridgehead atoms. The van der Waals surface area contributed by atoms with Crippen molar-refractivity contribution < 1.29 is 19.8 Å². The summed E-state index contributed by atoms with van der Waals surface area (Å²) in [6.07, 6.45) is -1.21. The molecule has 1 aromatic rings. The lowest BCUT2D eigenvalue weighted by molar-refractivity contribution is -0.141. The van der Waals surface area contributed by atoms with Crippen molar-refractivity contribution in [2.75, 3.05) is 5.32 Å². The molecule has 0 spiro atoms. The number of aliphatic hydroxyl groups excluding tert-OH is 1. The van der Waals surface area contributed by atoms with E-state index in [0.717, 1.165) is 5.56 Å². The molecule has 0 aliphatic carbocycles. The van der Waals surface area contributed by atoms with E-state index in [2.05, 4.69) is 10.6 Å². The summed E-state index contributed by atoms with van der Waals surface area (Å²) in [4.78, 5) is 22.5. The van der Waals surface area contributed by atoms with Gasteiger partial charge in [-0.2, -0.15) is 0 Å². The molecule has 0 radical (unpaired) electrons. The Hall–Kier alpha value is -1.79. The molecule has 6 nitrogen and oxygen atoms in total. The van der Waals surface area contributed by atoms with E-state index in [1.165, 1.54) is 6.92 Å². The van der Waals surface area contributed by atoms with Crippen LogP contribution in [0.2, 0.25) is 5.02 Å². The van der Waals surface area contributed by atoms with Crippen LogP contribution in [0.15, 0.2) is 18.2 Å². The fourth-order valence-electron chi connectivity index (χ4n) is 1.43. The number of amides is 2. The number of carbonyl (C=O) groups is 2. The Kier molecular flexibility index (Phi) is 5.14. The molecule has 0 unspecified atom stereocenters. The summed E-state index contributed by atoms with van der Waals surface area (Å²) in [5.41, 5.74) is 1.15. The van der Waals surface area contributed by atoms with Crippen LogP contribution in [0.3, 0.4) is 0 Å². The van der Waals surface area contributed by atoms with E-state index in [-0.39, 0.29) is 0 Å². The molecule has 19 heavy (non-hydrogen) atoms. The van der Waals surface area contributed by atoms with Crippen molar-refractivity contribution in [3.63, 3.8) is 0 Å². The molecule has 0 saturated heterocycles. The number of benzene rings is 1. The highest BCUT2D eigenvalue weighted by molar-refractivity contribution is 6.34. The molecular formula is C12H15ClN2O4. The third kappa shape index (κ3) is 4.11. The number of halogens is 1. The lowest BCUT2D eigenvalue weighted by atomic mass is 10.2. The minimum Gasteiger partial charge on any atom is -0.480 e. The van der Waals surface area contributed by atoms with Gasteiger partial charge in [0.05, 0.1) is 16.8 Å². The number of hydrogen-bond acceptors (Lipinski definition) is 3. The minimum absolute atomic E-state index is 0.369. The Labute approximate surface area is 115 Å². The summed E-state index contributed by atoms with van der Waals surface area (Å²) in [7, 11) is 0. The highest BCUT2D eigenvalue weighted by Crippen LogP contribution is 2.24. The van der Waals surface area contributed by atoms with Crippen LogP contribution in [-0.2, 0) is 4.79 Å². The van der Waals surface area contributed by atoms with Gasteiger partial charge in [0.2, 0.25) is 0 Å². The number of nitrogens with one attached hydrogen (secondary N) is 2. The van der Waals surface area contributed by atoms with Crippen molar-refractivity contribution in [1.29, 1.82) is 0 Å². The lowest BCUT2D eigenvalue weighted by Crippen LogP contribution is -2.49. The number of carboxylic acid groups (broad SMARTS) is 1. The molecular weight excluding hydrogens is 272 g/mol. The first-order chi connectivity index (χ1) is 8.82. The van der Waals surface area contributed by atoms with Crippen LogP contribution in [-0.4, -0.2) is 34.4 Å². The number of aryl methyl sites for hydroxylation is 1. The number of carbonyl (C=O) groups excluding carboxylic acids is 1. The lowest BCUT2D eigenvalue weighted by Gasteiger charge is -2.18. The minimum atomic E-state index is -1.39. The molecule has 0 fully saturated rings. The van der Waals surface area contributed by atoms with Gasteiger partial charge in [0, 0.05) is 0 Å². The topological polar surface area (TPSA) is 98.7 Å². The van der Waals surface area contributed by atoms with Crippen molar-refractivity contribution in [1.82, 2.24) is 5.32 Å². The van der Waals surface area contributed by atoms with Crippen LogP contribution < -0.4 is 10.6 Å². The normalized spacial score (nSPS) is 13.5. The summed E-state index contributed by atoms with van der Waals surface area (Å²) >= 11 is 5.99. The van der Waals surface area contributed by atoms with Crippen molar-refractivity contribution in [2.24, 2.45) is 0 Å².